The monoisotopic (exact) mass is 366 g/mol. The first-order valence-electron chi connectivity index (χ1n) is 8.82. The summed E-state index contributed by atoms with van der Waals surface area (Å²) in [5.74, 6) is 0.551. The fourth-order valence-electron chi connectivity index (χ4n) is 3.40. The number of amides is 2. The van der Waals surface area contributed by atoms with Crippen molar-refractivity contribution in [2.45, 2.75) is 32.9 Å². The summed E-state index contributed by atoms with van der Waals surface area (Å²) in [5, 5.41) is 11.7. The molecular formula is C16H26N6O4. The van der Waals surface area contributed by atoms with E-state index in [0.717, 1.165) is 0 Å². The van der Waals surface area contributed by atoms with E-state index in [4.69, 9.17) is 9.47 Å². The summed E-state index contributed by atoms with van der Waals surface area (Å²) in [7, 11) is 1.61. The Morgan fingerprint density at radius 1 is 1.42 bits per heavy atom. The van der Waals surface area contributed by atoms with Crippen molar-refractivity contribution in [3.05, 3.63) is 5.82 Å². The predicted molar refractivity (Wildman–Crippen MR) is 89.9 cm³/mol. The summed E-state index contributed by atoms with van der Waals surface area (Å²) >= 11 is 0. The Bertz CT molecular complexity index is 661. The minimum absolute atomic E-state index is 0.0386. The van der Waals surface area contributed by atoms with Gasteiger partial charge in [0.2, 0.25) is 11.8 Å². The van der Waals surface area contributed by atoms with Crippen molar-refractivity contribution in [1.82, 2.24) is 30.0 Å². The number of hydrogen-bond acceptors (Lipinski definition) is 7. The second-order valence-corrected chi connectivity index (χ2v) is 7.54. The molecule has 0 aliphatic carbocycles. The molecule has 10 heteroatoms. The Hall–Kier alpha value is -2.07. The minimum Gasteiger partial charge on any atom is -0.383 e. The van der Waals surface area contributed by atoms with E-state index in [9.17, 15) is 9.59 Å². The highest BCUT2D eigenvalue weighted by Gasteiger charge is 2.38. The fraction of sp³-hybridized carbons (Fsp3) is 0.812. The topological polar surface area (TPSA) is 103 Å². The Labute approximate surface area is 152 Å². The van der Waals surface area contributed by atoms with Crippen LogP contribution in [0.3, 0.4) is 0 Å². The summed E-state index contributed by atoms with van der Waals surface area (Å²) < 4.78 is 12.5. The minimum atomic E-state index is -0.384. The molecule has 144 valence electrons. The van der Waals surface area contributed by atoms with Gasteiger partial charge < -0.3 is 19.3 Å². The molecule has 3 heterocycles. The maximum absolute atomic E-state index is 12.7. The standard InChI is InChI=1S/C16H26N6O4/c1-16(2)8-13(23)21(11-16)10-14(24)20-4-7-26-12(9-20)15-17-18-19-22(15)5-6-25-3/h12H,4-11H2,1-3H3/t12-/m0/s1. The van der Waals surface area contributed by atoms with Crippen molar-refractivity contribution in [3.63, 3.8) is 0 Å². The van der Waals surface area contributed by atoms with Crippen molar-refractivity contribution in [2.75, 3.05) is 46.5 Å². The highest BCUT2D eigenvalue weighted by Crippen LogP contribution is 2.30. The first-order valence-corrected chi connectivity index (χ1v) is 8.82. The number of rotatable bonds is 6. The van der Waals surface area contributed by atoms with Crippen molar-refractivity contribution >= 4 is 11.8 Å². The summed E-state index contributed by atoms with van der Waals surface area (Å²) in [6, 6.07) is 0. The molecule has 1 atom stereocenters. The van der Waals surface area contributed by atoms with Crippen LogP contribution in [0.4, 0.5) is 0 Å². The zero-order valence-electron chi connectivity index (χ0n) is 15.6. The zero-order chi connectivity index (χ0) is 18.7. The molecule has 0 unspecified atom stereocenters. The third-order valence-corrected chi connectivity index (χ3v) is 4.70. The third-order valence-electron chi connectivity index (χ3n) is 4.70. The lowest BCUT2D eigenvalue weighted by atomic mass is 9.93. The molecule has 0 aromatic carbocycles. The average molecular weight is 366 g/mol. The van der Waals surface area contributed by atoms with Crippen molar-refractivity contribution in [1.29, 1.82) is 0 Å². The van der Waals surface area contributed by atoms with E-state index in [-0.39, 0.29) is 29.9 Å². The van der Waals surface area contributed by atoms with Gasteiger partial charge in [-0.3, -0.25) is 9.59 Å². The quantitative estimate of drug-likeness (QED) is 0.667. The van der Waals surface area contributed by atoms with Crippen LogP contribution in [0.25, 0.3) is 0 Å². The average Bonchev–Trinajstić information content (AvgIpc) is 3.16. The molecule has 2 amide bonds. The van der Waals surface area contributed by atoms with E-state index in [2.05, 4.69) is 15.5 Å². The predicted octanol–water partition coefficient (Wildman–Crippen LogP) is -0.522. The Balaban J connectivity index is 1.61. The lowest BCUT2D eigenvalue weighted by Crippen LogP contribution is -2.47. The lowest BCUT2D eigenvalue weighted by molar-refractivity contribution is -0.144. The number of hydrogen-bond donors (Lipinski definition) is 0. The van der Waals surface area contributed by atoms with Gasteiger partial charge in [0.25, 0.3) is 0 Å². The molecule has 26 heavy (non-hydrogen) atoms. The van der Waals surface area contributed by atoms with Gasteiger partial charge in [0.15, 0.2) is 5.82 Å². The maximum Gasteiger partial charge on any atom is 0.242 e. The highest BCUT2D eigenvalue weighted by atomic mass is 16.5. The van der Waals surface area contributed by atoms with Crippen LogP contribution >= 0.6 is 0 Å². The molecular weight excluding hydrogens is 340 g/mol. The van der Waals surface area contributed by atoms with Crippen LogP contribution in [-0.2, 0) is 25.6 Å². The smallest absolute Gasteiger partial charge is 0.242 e. The van der Waals surface area contributed by atoms with Crippen LogP contribution in [0.5, 0.6) is 0 Å². The molecule has 1 aromatic heterocycles. The molecule has 0 saturated carbocycles. The second-order valence-electron chi connectivity index (χ2n) is 7.54. The van der Waals surface area contributed by atoms with Crippen LogP contribution < -0.4 is 0 Å². The summed E-state index contributed by atoms with van der Waals surface area (Å²) in [6.45, 7) is 7.10. The molecule has 0 bridgehead atoms. The summed E-state index contributed by atoms with van der Waals surface area (Å²) in [5.41, 5.74) is -0.0751. The van der Waals surface area contributed by atoms with Crippen LogP contribution in [0.1, 0.15) is 32.2 Å². The molecule has 10 nitrogen and oxygen atoms in total. The number of likely N-dealkylation sites (tertiary alicyclic amines) is 1. The number of nitrogens with zero attached hydrogens (tertiary/aromatic N) is 6. The van der Waals surface area contributed by atoms with Gasteiger partial charge in [-0.25, -0.2) is 4.68 Å². The van der Waals surface area contributed by atoms with Crippen LogP contribution in [0.2, 0.25) is 0 Å². The third kappa shape index (κ3) is 4.18. The Morgan fingerprint density at radius 2 is 2.23 bits per heavy atom. The normalized spacial score (nSPS) is 22.9. The molecule has 3 rings (SSSR count). The lowest BCUT2D eigenvalue weighted by Gasteiger charge is -2.33. The molecule has 2 aliphatic rings. The first kappa shape index (κ1) is 18.7. The number of carbonyl (C=O) groups is 2. The summed E-state index contributed by atoms with van der Waals surface area (Å²) in [6.07, 6.45) is 0.102. The number of tetrazole rings is 1. The fourth-order valence-corrected chi connectivity index (χ4v) is 3.40. The van der Waals surface area contributed by atoms with Crippen LogP contribution in [0, 0.1) is 5.41 Å². The van der Waals surface area contributed by atoms with Gasteiger partial charge in [0.05, 0.1) is 32.8 Å². The van der Waals surface area contributed by atoms with Crippen molar-refractivity contribution in [2.24, 2.45) is 5.41 Å². The molecule has 1 aromatic rings. The van der Waals surface area contributed by atoms with E-state index < -0.39 is 0 Å². The first-order chi connectivity index (χ1) is 12.4. The molecule has 0 N–H and O–H groups in total. The zero-order valence-corrected chi connectivity index (χ0v) is 15.6. The number of ether oxygens (including phenoxy) is 2. The van der Waals surface area contributed by atoms with Gasteiger partial charge in [-0.2, -0.15) is 0 Å². The van der Waals surface area contributed by atoms with E-state index >= 15 is 0 Å². The largest absolute Gasteiger partial charge is 0.383 e. The number of methoxy groups -OCH3 is 1. The molecule has 2 saturated heterocycles. The van der Waals surface area contributed by atoms with Gasteiger partial charge >= 0.3 is 0 Å². The van der Waals surface area contributed by atoms with Gasteiger partial charge in [-0.15, -0.1) is 5.10 Å². The number of morpholine rings is 1. The van der Waals surface area contributed by atoms with E-state index in [1.807, 2.05) is 13.8 Å². The van der Waals surface area contributed by atoms with E-state index in [1.165, 1.54) is 0 Å². The van der Waals surface area contributed by atoms with E-state index in [0.29, 0.717) is 51.6 Å². The van der Waals surface area contributed by atoms with Crippen molar-refractivity contribution < 1.29 is 19.1 Å². The molecule has 0 radical (unpaired) electrons. The van der Waals surface area contributed by atoms with Gasteiger partial charge in [-0.05, 0) is 15.8 Å². The Morgan fingerprint density at radius 3 is 2.92 bits per heavy atom. The number of carbonyl (C=O) groups excluding carboxylic acids is 2. The maximum atomic E-state index is 12.7. The van der Waals surface area contributed by atoms with Crippen LogP contribution in [-0.4, -0.2) is 88.3 Å². The van der Waals surface area contributed by atoms with Gasteiger partial charge in [0.1, 0.15) is 6.10 Å². The summed E-state index contributed by atoms with van der Waals surface area (Å²) in [4.78, 5) is 28.1. The molecule has 2 aliphatic heterocycles. The van der Waals surface area contributed by atoms with E-state index in [1.54, 1.807) is 21.6 Å². The Kier molecular flexibility index (Phi) is 5.52. The molecule has 2 fully saturated rings. The van der Waals surface area contributed by atoms with Crippen molar-refractivity contribution in [3.8, 4) is 0 Å². The van der Waals surface area contributed by atoms with Gasteiger partial charge in [0, 0.05) is 26.6 Å². The van der Waals surface area contributed by atoms with Gasteiger partial charge in [-0.1, -0.05) is 13.8 Å². The number of aromatic nitrogens is 4. The second kappa shape index (κ2) is 7.67. The van der Waals surface area contributed by atoms with Crippen LogP contribution in [0.15, 0.2) is 0 Å². The molecule has 0 spiro atoms. The SMILES string of the molecule is COCCn1nnnc1[C@@H]1CN(C(=O)CN2CC(C)(C)CC2=O)CCO1. The highest BCUT2D eigenvalue weighted by molar-refractivity contribution is 5.86.